The van der Waals surface area contributed by atoms with Gasteiger partial charge in [-0.05, 0) is 24.3 Å². The fraction of sp³-hybridized carbons (Fsp3) is 0.125. The first-order chi connectivity index (χ1) is 15.6. The minimum absolute atomic E-state index is 0.0666. The van der Waals surface area contributed by atoms with Gasteiger partial charge in [0.15, 0.2) is 5.16 Å². The van der Waals surface area contributed by atoms with Crippen LogP contribution >= 0.6 is 11.8 Å². The van der Waals surface area contributed by atoms with Crippen LogP contribution in [0.25, 0.3) is 16.6 Å². The van der Waals surface area contributed by atoms with Crippen LogP contribution in [0.15, 0.2) is 82.7 Å². The van der Waals surface area contributed by atoms with E-state index in [1.54, 1.807) is 44.6 Å². The number of ether oxygens (including phenoxy) is 2. The molecule has 0 saturated carbocycles. The summed E-state index contributed by atoms with van der Waals surface area (Å²) in [4.78, 5) is 30.5. The number of rotatable bonds is 7. The SMILES string of the molecule is COc1cc(NC(=O)CSc2nc3ccccc3c(=O)n2-c2ccccc2)cc(OC)c1. The Kier molecular flexibility index (Phi) is 6.42. The Balaban J connectivity index is 1.62. The van der Waals surface area contributed by atoms with Gasteiger partial charge in [0, 0.05) is 23.9 Å². The molecule has 0 bridgehead atoms. The van der Waals surface area contributed by atoms with Gasteiger partial charge in [0.2, 0.25) is 5.91 Å². The summed E-state index contributed by atoms with van der Waals surface area (Å²) in [7, 11) is 3.09. The minimum atomic E-state index is -0.243. The molecule has 0 saturated heterocycles. The van der Waals surface area contributed by atoms with Gasteiger partial charge in [-0.25, -0.2) is 4.98 Å². The van der Waals surface area contributed by atoms with Crippen molar-refractivity contribution >= 4 is 34.3 Å². The zero-order chi connectivity index (χ0) is 22.5. The van der Waals surface area contributed by atoms with Crippen molar-refractivity contribution in [2.24, 2.45) is 0 Å². The number of carbonyl (C=O) groups excluding carboxylic acids is 1. The summed E-state index contributed by atoms with van der Waals surface area (Å²) in [6.45, 7) is 0. The molecule has 0 aliphatic heterocycles. The first-order valence-electron chi connectivity index (χ1n) is 9.82. The largest absolute Gasteiger partial charge is 0.497 e. The predicted octanol–water partition coefficient (Wildman–Crippen LogP) is 4.13. The second-order valence-electron chi connectivity index (χ2n) is 6.83. The maximum absolute atomic E-state index is 13.2. The van der Waals surface area contributed by atoms with Crippen molar-refractivity contribution in [2.75, 3.05) is 25.3 Å². The number of fused-ring (bicyclic) bond motifs is 1. The van der Waals surface area contributed by atoms with Gasteiger partial charge in [-0.3, -0.25) is 14.2 Å². The molecule has 7 nitrogen and oxygen atoms in total. The number of methoxy groups -OCH3 is 2. The van der Waals surface area contributed by atoms with Crippen molar-refractivity contribution < 1.29 is 14.3 Å². The average molecular weight is 448 g/mol. The quantitative estimate of drug-likeness (QED) is 0.339. The first kappa shape index (κ1) is 21.5. The molecule has 32 heavy (non-hydrogen) atoms. The van der Waals surface area contributed by atoms with E-state index in [2.05, 4.69) is 10.3 Å². The van der Waals surface area contributed by atoms with Crippen LogP contribution < -0.4 is 20.3 Å². The fourth-order valence-electron chi connectivity index (χ4n) is 3.22. The molecule has 0 spiro atoms. The predicted molar refractivity (Wildman–Crippen MR) is 126 cm³/mol. The zero-order valence-corrected chi connectivity index (χ0v) is 18.4. The molecule has 0 unspecified atom stereocenters. The van der Waals surface area contributed by atoms with Crippen molar-refractivity contribution in [1.29, 1.82) is 0 Å². The zero-order valence-electron chi connectivity index (χ0n) is 17.6. The number of anilines is 1. The van der Waals surface area contributed by atoms with Crippen molar-refractivity contribution in [1.82, 2.24) is 9.55 Å². The molecule has 4 rings (SSSR count). The van der Waals surface area contributed by atoms with Crippen LogP contribution in [0.4, 0.5) is 5.69 Å². The van der Waals surface area contributed by atoms with Gasteiger partial charge in [0.05, 0.1) is 36.6 Å². The third kappa shape index (κ3) is 4.60. The lowest BCUT2D eigenvalue weighted by molar-refractivity contribution is -0.113. The molecule has 3 aromatic carbocycles. The molecule has 1 aromatic heterocycles. The molecule has 8 heteroatoms. The maximum Gasteiger partial charge on any atom is 0.266 e. The van der Waals surface area contributed by atoms with Gasteiger partial charge in [0.1, 0.15) is 11.5 Å². The van der Waals surface area contributed by atoms with Gasteiger partial charge >= 0.3 is 0 Å². The summed E-state index contributed by atoms with van der Waals surface area (Å²) in [5.41, 5.74) is 1.65. The summed E-state index contributed by atoms with van der Waals surface area (Å²) < 4.78 is 12.0. The lowest BCUT2D eigenvalue weighted by Crippen LogP contribution is -2.22. The van der Waals surface area contributed by atoms with Gasteiger partial charge in [0.25, 0.3) is 5.56 Å². The van der Waals surface area contributed by atoms with Gasteiger partial charge in [-0.15, -0.1) is 0 Å². The molecule has 0 radical (unpaired) electrons. The molecule has 1 heterocycles. The average Bonchev–Trinajstić information content (AvgIpc) is 2.83. The first-order valence-corrected chi connectivity index (χ1v) is 10.8. The smallest absolute Gasteiger partial charge is 0.266 e. The van der Waals surface area contributed by atoms with Crippen LogP contribution in [0, 0.1) is 0 Å². The van der Waals surface area contributed by atoms with E-state index in [4.69, 9.17) is 9.47 Å². The lowest BCUT2D eigenvalue weighted by atomic mass is 10.2. The Labute approximate surface area is 189 Å². The van der Waals surface area contributed by atoms with Crippen LogP contribution in [0.5, 0.6) is 11.5 Å². The monoisotopic (exact) mass is 447 g/mol. The number of hydrogen-bond acceptors (Lipinski definition) is 6. The van der Waals surface area contributed by atoms with Crippen molar-refractivity contribution in [3.63, 3.8) is 0 Å². The molecule has 0 fully saturated rings. The van der Waals surface area contributed by atoms with Crippen LogP contribution in [0.3, 0.4) is 0 Å². The fourth-order valence-corrected chi connectivity index (χ4v) is 4.03. The molecule has 1 N–H and O–H groups in total. The Morgan fingerprint density at radius 3 is 2.31 bits per heavy atom. The van der Waals surface area contributed by atoms with E-state index in [0.29, 0.717) is 38.9 Å². The van der Waals surface area contributed by atoms with Gasteiger partial charge in [-0.1, -0.05) is 42.1 Å². The number of hydrogen-bond donors (Lipinski definition) is 1. The van der Waals surface area contributed by atoms with Crippen LogP contribution in [-0.2, 0) is 4.79 Å². The molecule has 0 aliphatic rings. The van der Waals surface area contributed by atoms with Crippen LogP contribution in [0.1, 0.15) is 0 Å². The number of carbonyl (C=O) groups is 1. The molecule has 1 amide bonds. The highest BCUT2D eigenvalue weighted by atomic mass is 32.2. The highest BCUT2D eigenvalue weighted by molar-refractivity contribution is 7.99. The van der Waals surface area contributed by atoms with E-state index in [0.717, 1.165) is 0 Å². The molecular formula is C24H21N3O4S. The van der Waals surface area contributed by atoms with Crippen molar-refractivity contribution in [3.05, 3.63) is 83.2 Å². The summed E-state index contributed by atoms with van der Waals surface area (Å²) in [6.07, 6.45) is 0. The lowest BCUT2D eigenvalue weighted by Gasteiger charge is -2.13. The number of nitrogens with one attached hydrogen (secondary N) is 1. The van der Waals surface area contributed by atoms with Crippen molar-refractivity contribution in [3.8, 4) is 17.2 Å². The number of aromatic nitrogens is 2. The maximum atomic E-state index is 13.2. The van der Waals surface area contributed by atoms with Crippen LogP contribution in [-0.4, -0.2) is 35.4 Å². The van der Waals surface area contributed by atoms with E-state index in [9.17, 15) is 9.59 Å². The van der Waals surface area contributed by atoms with Gasteiger partial charge < -0.3 is 14.8 Å². The summed E-state index contributed by atoms with van der Waals surface area (Å²) in [5.74, 6) is 0.965. The second-order valence-corrected chi connectivity index (χ2v) is 7.77. The minimum Gasteiger partial charge on any atom is -0.497 e. The molecular weight excluding hydrogens is 426 g/mol. The summed E-state index contributed by atoms with van der Waals surface area (Å²) in [5, 5.41) is 3.80. The molecule has 162 valence electrons. The van der Waals surface area contributed by atoms with E-state index in [1.807, 2.05) is 42.5 Å². The molecule has 4 aromatic rings. The standard InChI is InChI=1S/C24H21N3O4S/c1-30-18-12-16(13-19(14-18)31-2)25-22(28)15-32-24-26-21-11-7-6-10-20(21)23(29)27(24)17-8-4-3-5-9-17/h3-14H,15H2,1-2H3,(H,25,28). The molecule has 0 aliphatic carbocycles. The van der Waals surface area contributed by atoms with E-state index in [-0.39, 0.29) is 17.2 Å². The van der Waals surface area contributed by atoms with Gasteiger partial charge in [-0.2, -0.15) is 0 Å². The summed E-state index contributed by atoms with van der Waals surface area (Å²) >= 11 is 1.20. The number of benzene rings is 3. The summed E-state index contributed by atoms with van der Waals surface area (Å²) in [6, 6.07) is 21.6. The normalized spacial score (nSPS) is 10.7. The third-order valence-corrected chi connectivity index (χ3v) is 5.67. The van der Waals surface area contributed by atoms with Crippen LogP contribution in [0.2, 0.25) is 0 Å². The second kappa shape index (κ2) is 9.57. The van der Waals surface area contributed by atoms with E-state index >= 15 is 0 Å². The highest BCUT2D eigenvalue weighted by Crippen LogP contribution is 2.26. The molecule has 0 atom stereocenters. The topological polar surface area (TPSA) is 82.5 Å². The Morgan fingerprint density at radius 1 is 0.969 bits per heavy atom. The number of nitrogens with zero attached hydrogens (tertiary/aromatic N) is 2. The highest BCUT2D eigenvalue weighted by Gasteiger charge is 2.15. The number of para-hydroxylation sites is 2. The number of thioether (sulfide) groups is 1. The van der Waals surface area contributed by atoms with E-state index < -0.39 is 0 Å². The Bertz CT molecular complexity index is 1300. The van der Waals surface area contributed by atoms with E-state index in [1.165, 1.54) is 16.3 Å². The number of amides is 1. The third-order valence-electron chi connectivity index (χ3n) is 4.73. The Hall–Kier alpha value is -3.78. The Morgan fingerprint density at radius 2 is 1.62 bits per heavy atom. The van der Waals surface area contributed by atoms with Crippen molar-refractivity contribution in [2.45, 2.75) is 5.16 Å².